The molecule has 1 N–H and O–H groups in total. The molecule has 2 saturated heterocycles. The average molecular weight is 155 g/mol. The zero-order valence-electron chi connectivity index (χ0n) is 6.49. The van der Waals surface area contributed by atoms with Crippen LogP contribution < -0.4 is 0 Å². The third-order valence-corrected chi connectivity index (χ3v) is 2.91. The highest BCUT2D eigenvalue weighted by Gasteiger charge is 2.47. The van der Waals surface area contributed by atoms with Gasteiger partial charge in [-0.2, -0.15) is 0 Å². The van der Waals surface area contributed by atoms with Gasteiger partial charge in [0.25, 0.3) is 0 Å². The molecule has 0 amide bonds. The van der Waals surface area contributed by atoms with Crippen LogP contribution in [0.25, 0.3) is 0 Å². The minimum Gasteiger partial charge on any atom is -0.392 e. The van der Waals surface area contributed by atoms with Gasteiger partial charge in [-0.3, -0.25) is 4.90 Å². The number of aliphatic hydroxyl groups is 1. The first-order valence-corrected chi connectivity index (χ1v) is 4.16. The van der Waals surface area contributed by atoms with Crippen molar-refractivity contribution >= 4 is 6.29 Å². The van der Waals surface area contributed by atoms with Crippen molar-refractivity contribution in [1.29, 1.82) is 0 Å². The molecule has 2 rings (SSSR count). The first kappa shape index (κ1) is 7.25. The highest BCUT2D eigenvalue weighted by molar-refractivity contribution is 5.65. The van der Waals surface area contributed by atoms with E-state index < -0.39 is 0 Å². The molecular formula is C8H13NO2. The monoisotopic (exact) mass is 155 g/mol. The maximum atomic E-state index is 10.8. The zero-order valence-corrected chi connectivity index (χ0v) is 6.49. The van der Waals surface area contributed by atoms with Crippen LogP contribution in [0.3, 0.4) is 0 Å². The molecule has 0 aromatic heterocycles. The minimum absolute atomic E-state index is 0.277. The normalized spacial score (nSPS) is 44.3. The van der Waals surface area contributed by atoms with E-state index in [-0.39, 0.29) is 11.6 Å². The van der Waals surface area contributed by atoms with E-state index in [0.29, 0.717) is 13.0 Å². The number of rotatable bonds is 1. The van der Waals surface area contributed by atoms with Gasteiger partial charge in [-0.25, -0.2) is 0 Å². The highest BCUT2D eigenvalue weighted by Crippen LogP contribution is 2.36. The molecule has 0 radical (unpaired) electrons. The Hall–Kier alpha value is -0.410. The number of hydrogen-bond donors (Lipinski definition) is 1. The summed E-state index contributed by atoms with van der Waals surface area (Å²) in [6, 6.07) is 0. The molecule has 2 heterocycles. The Morgan fingerprint density at radius 2 is 2.45 bits per heavy atom. The second-order valence-corrected chi connectivity index (χ2v) is 3.63. The molecule has 0 unspecified atom stereocenters. The fourth-order valence-corrected chi connectivity index (χ4v) is 2.37. The molecule has 11 heavy (non-hydrogen) atoms. The van der Waals surface area contributed by atoms with Crippen molar-refractivity contribution in [2.45, 2.75) is 30.9 Å². The molecule has 62 valence electrons. The summed E-state index contributed by atoms with van der Waals surface area (Å²) in [5, 5.41) is 9.33. The lowest BCUT2D eigenvalue weighted by Gasteiger charge is -2.24. The van der Waals surface area contributed by atoms with Crippen molar-refractivity contribution in [2.24, 2.45) is 0 Å². The molecule has 0 aromatic carbocycles. The zero-order chi connectivity index (χ0) is 7.90. The maximum Gasteiger partial charge on any atom is 0.140 e. The van der Waals surface area contributed by atoms with Crippen LogP contribution in [0.4, 0.5) is 0 Å². The summed E-state index contributed by atoms with van der Waals surface area (Å²) < 4.78 is 0. The summed E-state index contributed by atoms with van der Waals surface area (Å²) in [6.45, 7) is 1.68. The van der Waals surface area contributed by atoms with Crippen molar-refractivity contribution in [3.8, 4) is 0 Å². The number of nitrogens with zero attached hydrogens (tertiary/aromatic N) is 1. The lowest BCUT2D eigenvalue weighted by molar-refractivity contribution is -0.115. The van der Waals surface area contributed by atoms with Crippen LogP contribution in [0, 0.1) is 0 Å². The van der Waals surface area contributed by atoms with Gasteiger partial charge in [-0.05, 0) is 25.8 Å². The summed E-state index contributed by atoms with van der Waals surface area (Å²) in [5.74, 6) is 0. The molecule has 2 aliphatic heterocycles. The van der Waals surface area contributed by atoms with Crippen molar-refractivity contribution in [2.75, 3.05) is 13.1 Å². The standard InChI is InChI=1S/C8H13NO2/c10-6-8-2-1-3-9(8)5-7(11)4-8/h6-7,11H,1-5H2/t7-,8+/m1/s1. The molecule has 2 atom stereocenters. The number of aliphatic hydroxyl groups excluding tert-OH is 1. The molecule has 0 saturated carbocycles. The van der Waals surface area contributed by atoms with Gasteiger partial charge in [0.05, 0.1) is 11.6 Å². The molecule has 3 heteroatoms. The predicted molar refractivity (Wildman–Crippen MR) is 40.2 cm³/mol. The molecule has 2 aliphatic rings. The number of carbonyl (C=O) groups excluding carboxylic acids is 1. The Labute approximate surface area is 66.0 Å². The van der Waals surface area contributed by atoms with Gasteiger partial charge >= 0.3 is 0 Å². The second-order valence-electron chi connectivity index (χ2n) is 3.63. The summed E-state index contributed by atoms with van der Waals surface area (Å²) in [6.07, 6.45) is 3.44. The van der Waals surface area contributed by atoms with Crippen LogP contribution in [-0.4, -0.2) is 41.0 Å². The fourth-order valence-electron chi connectivity index (χ4n) is 2.37. The van der Waals surface area contributed by atoms with Gasteiger partial charge in [0, 0.05) is 6.54 Å². The van der Waals surface area contributed by atoms with E-state index in [1.165, 1.54) is 0 Å². The van der Waals surface area contributed by atoms with Crippen LogP contribution in [0.15, 0.2) is 0 Å². The van der Waals surface area contributed by atoms with E-state index in [1.807, 2.05) is 0 Å². The van der Waals surface area contributed by atoms with E-state index in [0.717, 1.165) is 25.7 Å². The van der Waals surface area contributed by atoms with E-state index in [2.05, 4.69) is 4.90 Å². The van der Waals surface area contributed by atoms with Crippen molar-refractivity contribution in [3.05, 3.63) is 0 Å². The van der Waals surface area contributed by atoms with E-state index in [9.17, 15) is 9.90 Å². The highest BCUT2D eigenvalue weighted by atomic mass is 16.3. The van der Waals surface area contributed by atoms with Crippen molar-refractivity contribution in [3.63, 3.8) is 0 Å². The van der Waals surface area contributed by atoms with Crippen LogP contribution in [-0.2, 0) is 4.79 Å². The second kappa shape index (κ2) is 2.29. The first-order chi connectivity index (χ1) is 5.27. The molecule has 0 aliphatic carbocycles. The number of carbonyl (C=O) groups is 1. The summed E-state index contributed by atoms with van der Waals surface area (Å²) in [4.78, 5) is 12.9. The quantitative estimate of drug-likeness (QED) is 0.532. The Kier molecular flexibility index (Phi) is 1.51. The number of fused-ring (bicyclic) bond motifs is 1. The number of hydrogen-bond acceptors (Lipinski definition) is 3. The van der Waals surface area contributed by atoms with Gasteiger partial charge in [0.1, 0.15) is 6.29 Å². The molecule has 2 fully saturated rings. The molecule has 3 nitrogen and oxygen atoms in total. The predicted octanol–water partition coefficient (Wildman–Crippen LogP) is -0.215. The Balaban J connectivity index is 2.21. The van der Waals surface area contributed by atoms with Gasteiger partial charge in [-0.15, -0.1) is 0 Å². The topological polar surface area (TPSA) is 40.5 Å². The molecule has 0 bridgehead atoms. The fraction of sp³-hybridized carbons (Fsp3) is 0.875. The Bertz CT molecular complexity index is 183. The van der Waals surface area contributed by atoms with E-state index in [1.54, 1.807) is 0 Å². The van der Waals surface area contributed by atoms with Crippen LogP contribution >= 0.6 is 0 Å². The Morgan fingerprint density at radius 1 is 1.64 bits per heavy atom. The number of β-amino-alcohol motifs (C(OH)–C–C–N with tert-alkyl or cyclic N) is 1. The first-order valence-electron chi connectivity index (χ1n) is 4.16. The smallest absolute Gasteiger partial charge is 0.140 e. The summed E-state index contributed by atoms with van der Waals surface area (Å²) >= 11 is 0. The third kappa shape index (κ3) is 0.914. The lowest BCUT2D eigenvalue weighted by Crippen LogP contribution is -2.39. The van der Waals surface area contributed by atoms with Crippen molar-refractivity contribution < 1.29 is 9.90 Å². The molecule has 0 aromatic rings. The van der Waals surface area contributed by atoms with Gasteiger partial charge < -0.3 is 9.90 Å². The molecule has 0 spiro atoms. The molecular weight excluding hydrogens is 142 g/mol. The SMILES string of the molecule is O=C[C@@]12CCCN1C[C@H](O)C2. The van der Waals surface area contributed by atoms with Gasteiger partial charge in [-0.1, -0.05) is 0 Å². The minimum atomic E-state index is -0.278. The number of aldehydes is 1. The van der Waals surface area contributed by atoms with E-state index in [4.69, 9.17) is 0 Å². The largest absolute Gasteiger partial charge is 0.392 e. The van der Waals surface area contributed by atoms with E-state index >= 15 is 0 Å². The van der Waals surface area contributed by atoms with Crippen LogP contribution in [0.1, 0.15) is 19.3 Å². The van der Waals surface area contributed by atoms with Gasteiger partial charge in [0.2, 0.25) is 0 Å². The van der Waals surface area contributed by atoms with Gasteiger partial charge in [0.15, 0.2) is 0 Å². The Morgan fingerprint density at radius 3 is 3.09 bits per heavy atom. The summed E-state index contributed by atoms with van der Waals surface area (Å²) in [5.41, 5.74) is -0.278. The van der Waals surface area contributed by atoms with Crippen molar-refractivity contribution in [1.82, 2.24) is 4.90 Å². The maximum absolute atomic E-state index is 10.8. The van der Waals surface area contributed by atoms with Crippen LogP contribution in [0.2, 0.25) is 0 Å². The third-order valence-electron chi connectivity index (χ3n) is 2.91. The average Bonchev–Trinajstić information content (AvgIpc) is 2.43. The lowest BCUT2D eigenvalue weighted by atomic mass is 9.95. The van der Waals surface area contributed by atoms with Crippen LogP contribution in [0.5, 0.6) is 0 Å². The summed E-state index contributed by atoms with van der Waals surface area (Å²) in [7, 11) is 0.